The monoisotopic (exact) mass is 167 g/mol. The Morgan fingerprint density at radius 2 is 2.09 bits per heavy atom. The highest BCUT2D eigenvalue weighted by Crippen LogP contribution is 2.11. The van der Waals surface area contributed by atoms with Crippen molar-refractivity contribution in [1.29, 1.82) is 0 Å². The van der Waals surface area contributed by atoms with Gasteiger partial charge >= 0.3 is 0 Å². The maximum atomic E-state index is 3.99. The normalized spacial score (nSPS) is 8.91. The Morgan fingerprint density at radius 3 is 2.82 bits per heavy atom. The van der Waals surface area contributed by atoms with Gasteiger partial charge in [0.25, 0.3) is 0 Å². The molecule has 2 rings (SSSR count). The number of fused-ring (bicyclic) bond motifs is 1. The fourth-order valence-electron chi connectivity index (χ4n) is 0.624. The molecule has 0 amide bonds. The van der Waals surface area contributed by atoms with E-state index in [0.717, 1.165) is 10.3 Å². The highest BCUT2D eigenvalue weighted by Gasteiger charge is 1.92. The molecule has 0 bridgehead atoms. The van der Waals surface area contributed by atoms with Crippen LogP contribution in [0.4, 0.5) is 0 Å². The Morgan fingerprint density at radius 1 is 1.27 bits per heavy atom. The van der Waals surface area contributed by atoms with E-state index in [2.05, 4.69) is 15.0 Å². The predicted octanol–water partition coefficient (Wildman–Crippen LogP) is 2.11. The van der Waals surface area contributed by atoms with E-state index in [1.165, 1.54) is 6.33 Å². The second kappa shape index (κ2) is 3.98. The van der Waals surface area contributed by atoms with Crippen LogP contribution in [0.1, 0.15) is 13.8 Å². The van der Waals surface area contributed by atoms with E-state index in [1.54, 1.807) is 23.0 Å². The Bertz CT molecular complexity index is 288. The topological polar surface area (TPSA) is 38.7 Å². The summed E-state index contributed by atoms with van der Waals surface area (Å²) in [5.41, 5.74) is 2.55. The van der Waals surface area contributed by atoms with Gasteiger partial charge in [0.15, 0.2) is 5.65 Å². The third kappa shape index (κ3) is 1.71. The van der Waals surface area contributed by atoms with Crippen molar-refractivity contribution in [2.75, 3.05) is 0 Å². The molecule has 2 heterocycles. The van der Waals surface area contributed by atoms with Gasteiger partial charge in [-0.2, -0.15) is 0 Å². The lowest BCUT2D eigenvalue weighted by Crippen LogP contribution is -1.74. The van der Waals surface area contributed by atoms with E-state index in [9.17, 15) is 0 Å². The molecular weight excluding hydrogens is 158 g/mol. The summed E-state index contributed by atoms with van der Waals surface area (Å²) in [6, 6.07) is 0. The third-order valence-corrected chi connectivity index (χ3v) is 1.77. The molecule has 0 saturated heterocycles. The van der Waals surface area contributed by atoms with Crippen LogP contribution in [-0.2, 0) is 0 Å². The number of rotatable bonds is 0. The first-order valence-corrected chi connectivity index (χ1v) is 4.34. The molecule has 11 heavy (non-hydrogen) atoms. The molecule has 0 unspecified atom stereocenters. The summed E-state index contributed by atoms with van der Waals surface area (Å²) < 4.78 is 1.04. The van der Waals surface area contributed by atoms with Gasteiger partial charge in [0.2, 0.25) is 0 Å². The van der Waals surface area contributed by atoms with Gasteiger partial charge in [-0.15, -0.1) is 11.3 Å². The molecule has 0 fully saturated rings. The first-order chi connectivity index (χ1) is 5.47. The molecular formula is C7H9N3S. The summed E-state index contributed by atoms with van der Waals surface area (Å²) in [5, 5.41) is 0. The summed E-state index contributed by atoms with van der Waals surface area (Å²) in [6.07, 6.45) is 3.27. The maximum Gasteiger partial charge on any atom is 0.173 e. The number of nitrogens with zero attached hydrogens (tertiary/aromatic N) is 3. The minimum atomic E-state index is 0.787. The number of thiazole rings is 1. The zero-order valence-corrected chi connectivity index (χ0v) is 7.30. The van der Waals surface area contributed by atoms with Crippen LogP contribution in [0, 0.1) is 0 Å². The SMILES string of the molecule is CC.c1ncc2scnc2n1. The minimum absolute atomic E-state index is 0.787. The van der Waals surface area contributed by atoms with Gasteiger partial charge in [0.05, 0.1) is 10.2 Å². The van der Waals surface area contributed by atoms with Crippen LogP contribution in [-0.4, -0.2) is 15.0 Å². The third-order valence-electron chi connectivity index (χ3n) is 1.01. The molecule has 0 spiro atoms. The molecule has 0 aliphatic heterocycles. The second-order valence-corrected chi connectivity index (χ2v) is 2.45. The molecule has 3 nitrogen and oxygen atoms in total. The summed E-state index contributed by atoms with van der Waals surface area (Å²) in [5.74, 6) is 0. The largest absolute Gasteiger partial charge is 0.243 e. The van der Waals surface area contributed by atoms with Gasteiger partial charge in [-0.05, 0) is 0 Å². The van der Waals surface area contributed by atoms with Crippen molar-refractivity contribution in [3.05, 3.63) is 18.0 Å². The quantitative estimate of drug-likeness (QED) is 0.603. The fourth-order valence-corrected chi connectivity index (χ4v) is 1.22. The van der Waals surface area contributed by atoms with E-state index in [1.807, 2.05) is 13.8 Å². The molecule has 0 saturated carbocycles. The molecule has 0 radical (unpaired) electrons. The Labute approximate surface area is 69.1 Å². The molecule has 0 aliphatic rings. The molecule has 0 aromatic carbocycles. The van der Waals surface area contributed by atoms with Gasteiger partial charge in [-0.1, -0.05) is 13.8 Å². The Hall–Kier alpha value is -1.03. The minimum Gasteiger partial charge on any atom is -0.243 e. The zero-order chi connectivity index (χ0) is 8.10. The van der Waals surface area contributed by atoms with Crippen molar-refractivity contribution in [2.45, 2.75) is 13.8 Å². The van der Waals surface area contributed by atoms with Crippen LogP contribution in [0.25, 0.3) is 10.3 Å². The lowest BCUT2D eigenvalue weighted by Gasteiger charge is -1.79. The predicted molar refractivity (Wildman–Crippen MR) is 46.6 cm³/mol. The van der Waals surface area contributed by atoms with E-state index < -0.39 is 0 Å². The second-order valence-electron chi connectivity index (χ2n) is 1.56. The summed E-state index contributed by atoms with van der Waals surface area (Å²) in [4.78, 5) is 11.8. The van der Waals surface area contributed by atoms with Gasteiger partial charge in [0, 0.05) is 6.20 Å². The van der Waals surface area contributed by atoms with Gasteiger partial charge < -0.3 is 0 Å². The number of hydrogen-bond donors (Lipinski definition) is 0. The molecule has 0 atom stereocenters. The molecule has 58 valence electrons. The summed E-state index contributed by atoms with van der Waals surface area (Å²) >= 11 is 1.55. The standard InChI is InChI=1S/C5H3N3S.C2H6/c1-4-5(7-2-6-1)8-3-9-4;1-2/h1-3H;1-2H3. The van der Waals surface area contributed by atoms with Crippen molar-refractivity contribution in [2.24, 2.45) is 0 Å². The van der Waals surface area contributed by atoms with E-state index in [4.69, 9.17) is 0 Å². The fraction of sp³-hybridized carbons (Fsp3) is 0.286. The van der Waals surface area contributed by atoms with Crippen molar-refractivity contribution < 1.29 is 0 Å². The van der Waals surface area contributed by atoms with E-state index in [0.29, 0.717) is 0 Å². The summed E-state index contributed by atoms with van der Waals surface area (Å²) in [7, 11) is 0. The highest BCUT2D eigenvalue weighted by atomic mass is 32.1. The maximum absolute atomic E-state index is 3.99. The van der Waals surface area contributed by atoms with Crippen molar-refractivity contribution in [3.8, 4) is 0 Å². The van der Waals surface area contributed by atoms with Crippen LogP contribution in [0.3, 0.4) is 0 Å². The Balaban J connectivity index is 0.000000281. The highest BCUT2D eigenvalue weighted by molar-refractivity contribution is 7.16. The van der Waals surface area contributed by atoms with Gasteiger partial charge in [-0.3, -0.25) is 0 Å². The summed E-state index contributed by atoms with van der Waals surface area (Å²) in [6.45, 7) is 4.00. The number of hydrogen-bond acceptors (Lipinski definition) is 4. The van der Waals surface area contributed by atoms with Gasteiger partial charge in [-0.25, -0.2) is 15.0 Å². The first kappa shape index (κ1) is 8.07. The molecule has 0 N–H and O–H groups in total. The average Bonchev–Trinajstić information content (AvgIpc) is 2.55. The lowest BCUT2D eigenvalue weighted by atomic mass is 10.6. The molecule has 2 aromatic rings. The van der Waals surface area contributed by atoms with Crippen LogP contribution >= 0.6 is 11.3 Å². The van der Waals surface area contributed by atoms with E-state index in [-0.39, 0.29) is 0 Å². The number of aromatic nitrogens is 3. The smallest absolute Gasteiger partial charge is 0.173 e. The van der Waals surface area contributed by atoms with Crippen LogP contribution in [0.5, 0.6) is 0 Å². The molecule has 0 aliphatic carbocycles. The van der Waals surface area contributed by atoms with E-state index >= 15 is 0 Å². The van der Waals surface area contributed by atoms with Crippen molar-refractivity contribution in [3.63, 3.8) is 0 Å². The van der Waals surface area contributed by atoms with Crippen molar-refractivity contribution in [1.82, 2.24) is 15.0 Å². The molecule has 2 aromatic heterocycles. The first-order valence-electron chi connectivity index (χ1n) is 3.46. The van der Waals surface area contributed by atoms with Crippen LogP contribution in [0.2, 0.25) is 0 Å². The lowest BCUT2D eigenvalue weighted by molar-refractivity contribution is 1.20. The molecule has 4 heteroatoms. The van der Waals surface area contributed by atoms with Gasteiger partial charge in [0.1, 0.15) is 6.33 Å². The van der Waals surface area contributed by atoms with Crippen molar-refractivity contribution >= 4 is 21.7 Å². The zero-order valence-electron chi connectivity index (χ0n) is 6.48. The average molecular weight is 167 g/mol. The Kier molecular flexibility index (Phi) is 2.92. The van der Waals surface area contributed by atoms with Crippen LogP contribution < -0.4 is 0 Å². The van der Waals surface area contributed by atoms with Crippen LogP contribution in [0.15, 0.2) is 18.0 Å².